The summed E-state index contributed by atoms with van der Waals surface area (Å²) in [6.45, 7) is 0. The van der Waals surface area contributed by atoms with Gasteiger partial charge in [-0.15, -0.1) is 0 Å². The van der Waals surface area contributed by atoms with E-state index in [2.05, 4.69) is 0 Å². The van der Waals surface area contributed by atoms with Crippen molar-refractivity contribution in [3.8, 4) is 5.75 Å². The van der Waals surface area contributed by atoms with Crippen LogP contribution in [0.5, 0.6) is 5.75 Å². The van der Waals surface area contributed by atoms with Gasteiger partial charge in [0.25, 0.3) is 0 Å². The van der Waals surface area contributed by atoms with Crippen LogP contribution in [0.3, 0.4) is 0 Å². The molecular formula is C17H14O3. The normalized spacial score (nSPS) is 10.7. The predicted molar refractivity (Wildman–Crippen MR) is 77.2 cm³/mol. The van der Waals surface area contributed by atoms with Crippen LogP contribution in [0.1, 0.15) is 16.1 Å². The van der Waals surface area contributed by atoms with Crippen LogP contribution in [-0.2, 0) is 6.42 Å². The molecule has 0 bridgehead atoms. The molecule has 0 radical (unpaired) electrons. The Morgan fingerprint density at radius 1 is 1.10 bits per heavy atom. The summed E-state index contributed by atoms with van der Waals surface area (Å²) in [6, 6.07) is 16.9. The summed E-state index contributed by atoms with van der Waals surface area (Å²) in [5.41, 5.74) is 1.59. The standard InChI is InChI=1S/C17H14O3/c1-19-15-8-4-2-6-12(15)10-14(18)17-11-13-7-3-5-9-16(13)20-17/h2-9,11H,10H2,1H3. The number of rotatable bonds is 4. The molecular weight excluding hydrogens is 252 g/mol. The van der Waals surface area contributed by atoms with Crippen LogP contribution < -0.4 is 4.74 Å². The van der Waals surface area contributed by atoms with Gasteiger partial charge in [0.15, 0.2) is 5.76 Å². The minimum atomic E-state index is -0.0503. The number of hydrogen-bond donors (Lipinski definition) is 0. The molecule has 3 aromatic rings. The fraction of sp³-hybridized carbons (Fsp3) is 0.118. The zero-order valence-corrected chi connectivity index (χ0v) is 11.1. The molecule has 3 nitrogen and oxygen atoms in total. The molecule has 0 fully saturated rings. The molecule has 1 heterocycles. The first-order valence-corrected chi connectivity index (χ1v) is 6.41. The van der Waals surface area contributed by atoms with E-state index in [1.807, 2.05) is 48.5 Å². The number of furan rings is 1. The maximum atomic E-state index is 12.3. The Hall–Kier alpha value is -2.55. The third kappa shape index (κ3) is 2.30. The highest BCUT2D eigenvalue weighted by Gasteiger charge is 2.14. The summed E-state index contributed by atoms with van der Waals surface area (Å²) in [4.78, 5) is 12.3. The number of benzene rings is 2. The van der Waals surface area contributed by atoms with Crippen molar-refractivity contribution in [1.29, 1.82) is 0 Å². The Morgan fingerprint density at radius 3 is 2.65 bits per heavy atom. The smallest absolute Gasteiger partial charge is 0.202 e. The molecule has 0 unspecified atom stereocenters. The number of methoxy groups -OCH3 is 1. The Kier molecular flexibility index (Phi) is 3.25. The topological polar surface area (TPSA) is 39.4 Å². The summed E-state index contributed by atoms with van der Waals surface area (Å²) in [7, 11) is 1.60. The van der Waals surface area contributed by atoms with Gasteiger partial charge in [0.2, 0.25) is 5.78 Å². The van der Waals surface area contributed by atoms with Gasteiger partial charge in [0, 0.05) is 17.4 Å². The summed E-state index contributed by atoms with van der Waals surface area (Å²) in [5, 5.41) is 0.941. The number of Topliss-reactive ketones (excluding diaryl/α,β-unsaturated/α-hetero) is 1. The van der Waals surface area contributed by atoms with Crippen LogP contribution in [-0.4, -0.2) is 12.9 Å². The highest BCUT2D eigenvalue weighted by Crippen LogP contribution is 2.23. The van der Waals surface area contributed by atoms with Crippen molar-refractivity contribution in [3.63, 3.8) is 0 Å². The Labute approximate surface area is 116 Å². The molecule has 0 amide bonds. The summed E-state index contributed by atoms with van der Waals surface area (Å²) < 4.78 is 10.8. The largest absolute Gasteiger partial charge is 0.496 e. The molecule has 2 aromatic carbocycles. The molecule has 0 aliphatic rings. The molecule has 0 spiro atoms. The lowest BCUT2D eigenvalue weighted by Crippen LogP contribution is -2.03. The van der Waals surface area contributed by atoms with Crippen molar-refractivity contribution in [2.45, 2.75) is 6.42 Å². The number of hydrogen-bond acceptors (Lipinski definition) is 3. The van der Waals surface area contributed by atoms with Gasteiger partial charge in [-0.25, -0.2) is 0 Å². The molecule has 3 rings (SSSR count). The fourth-order valence-corrected chi connectivity index (χ4v) is 2.23. The zero-order chi connectivity index (χ0) is 13.9. The van der Waals surface area contributed by atoms with E-state index in [-0.39, 0.29) is 12.2 Å². The zero-order valence-electron chi connectivity index (χ0n) is 11.1. The molecule has 1 aromatic heterocycles. The Bertz CT molecular complexity index is 723. The number of ketones is 1. The highest BCUT2D eigenvalue weighted by molar-refractivity contribution is 5.98. The number of para-hydroxylation sites is 2. The van der Waals surface area contributed by atoms with E-state index in [1.165, 1.54) is 0 Å². The third-order valence-corrected chi connectivity index (χ3v) is 3.24. The van der Waals surface area contributed by atoms with E-state index in [0.29, 0.717) is 5.76 Å². The highest BCUT2D eigenvalue weighted by atomic mass is 16.5. The van der Waals surface area contributed by atoms with Crippen molar-refractivity contribution in [2.75, 3.05) is 7.11 Å². The van der Waals surface area contributed by atoms with Crippen LogP contribution in [0.4, 0.5) is 0 Å². The maximum absolute atomic E-state index is 12.3. The van der Waals surface area contributed by atoms with Gasteiger partial charge >= 0.3 is 0 Å². The second-order valence-corrected chi connectivity index (χ2v) is 4.56. The first kappa shape index (κ1) is 12.5. The van der Waals surface area contributed by atoms with Crippen LogP contribution in [0.15, 0.2) is 59.0 Å². The van der Waals surface area contributed by atoms with Crippen LogP contribution in [0.25, 0.3) is 11.0 Å². The summed E-state index contributed by atoms with van der Waals surface area (Å²) in [5.74, 6) is 1.06. The quantitative estimate of drug-likeness (QED) is 0.673. The monoisotopic (exact) mass is 266 g/mol. The molecule has 20 heavy (non-hydrogen) atoms. The van der Waals surface area contributed by atoms with Gasteiger partial charge in [0.05, 0.1) is 7.11 Å². The van der Waals surface area contributed by atoms with E-state index in [4.69, 9.17) is 9.15 Å². The van der Waals surface area contributed by atoms with Gasteiger partial charge in [-0.1, -0.05) is 36.4 Å². The second-order valence-electron chi connectivity index (χ2n) is 4.56. The van der Waals surface area contributed by atoms with Crippen LogP contribution >= 0.6 is 0 Å². The maximum Gasteiger partial charge on any atom is 0.202 e. The van der Waals surface area contributed by atoms with Crippen molar-refractivity contribution in [3.05, 3.63) is 65.9 Å². The Morgan fingerprint density at radius 2 is 1.85 bits per heavy atom. The molecule has 0 N–H and O–H groups in total. The molecule has 3 heteroatoms. The molecule has 0 atom stereocenters. The predicted octanol–water partition coefficient (Wildman–Crippen LogP) is 3.87. The molecule has 0 aliphatic carbocycles. The molecule has 0 saturated carbocycles. The average Bonchev–Trinajstić information content (AvgIpc) is 2.92. The molecule has 0 aliphatic heterocycles. The van der Waals surface area contributed by atoms with Crippen LogP contribution in [0, 0.1) is 0 Å². The van der Waals surface area contributed by atoms with E-state index in [1.54, 1.807) is 13.2 Å². The number of fused-ring (bicyclic) bond motifs is 1. The van der Waals surface area contributed by atoms with Gasteiger partial charge in [-0.3, -0.25) is 4.79 Å². The third-order valence-electron chi connectivity index (χ3n) is 3.24. The van der Waals surface area contributed by atoms with Gasteiger partial charge in [-0.2, -0.15) is 0 Å². The van der Waals surface area contributed by atoms with Crippen molar-refractivity contribution < 1.29 is 13.9 Å². The van der Waals surface area contributed by atoms with Crippen molar-refractivity contribution in [2.24, 2.45) is 0 Å². The van der Waals surface area contributed by atoms with E-state index >= 15 is 0 Å². The first-order chi connectivity index (χ1) is 9.78. The summed E-state index contributed by atoms with van der Waals surface area (Å²) in [6.07, 6.45) is 0.268. The van der Waals surface area contributed by atoms with Gasteiger partial charge < -0.3 is 9.15 Å². The fourth-order valence-electron chi connectivity index (χ4n) is 2.23. The first-order valence-electron chi connectivity index (χ1n) is 6.41. The minimum absolute atomic E-state index is 0.0503. The van der Waals surface area contributed by atoms with E-state index < -0.39 is 0 Å². The molecule has 0 saturated heterocycles. The van der Waals surface area contributed by atoms with Gasteiger partial charge in [0.1, 0.15) is 11.3 Å². The van der Waals surface area contributed by atoms with Crippen molar-refractivity contribution >= 4 is 16.8 Å². The lowest BCUT2D eigenvalue weighted by molar-refractivity contribution is 0.0967. The van der Waals surface area contributed by atoms with Crippen LogP contribution in [0.2, 0.25) is 0 Å². The Balaban J connectivity index is 1.89. The second kappa shape index (κ2) is 5.21. The number of carbonyl (C=O) groups excluding carboxylic acids is 1. The van der Waals surface area contributed by atoms with E-state index in [0.717, 1.165) is 22.3 Å². The van der Waals surface area contributed by atoms with Gasteiger partial charge in [-0.05, 0) is 18.2 Å². The molecule has 100 valence electrons. The lowest BCUT2D eigenvalue weighted by atomic mass is 10.1. The minimum Gasteiger partial charge on any atom is -0.496 e. The number of carbonyl (C=O) groups is 1. The number of ether oxygens (including phenoxy) is 1. The van der Waals surface area contributed by atoms with E-state index in [9.17, 15) is 4.79 Å². The lowest BCUT2D eigenvalue weighted by Gasteiger charge is -2.06. The summed E-state index contributed by atoms with van der Waals surface area (Å²) >= 11 is 0. The van der Waals surface area contributed by atoms with Crippen molar-refractivity contribution in [1.82, 2.24) is 0 Å². The average molecular weight is 266 g/mol. The SMILES string of the molecule is COc1ccccc1CC(=O)c1cc2ccccc2o1.